The molecular formula is C16H27NOS. The number of aliphatic hydroxyl groups is 1. The summed E-state index contributed by atoms with van der Waals surface area (Å²) in [5.74, 6) is 1.11. The lowest BCUT2D eigenvalue weighted by molar-refractivity contribution is 0.148. The average Bonchev–Trinajstić information content (AvgIpc) is 2.44. The summed E-state index contributed by atoms with van der Waals surface area (Å²) in [5, 5.41) is 13.0. The van der Waals surface area contributed by atoms with Gasteiger partial charge >= 0.3 is 0 Å². The Morgan fingerprint density at radius 2 is 2.00 bits per heavy atom. The van der Waals surface area contributed by atoms with Gasteiger partial charge in [0, 0.05) is 10.4 Å². The molecule has 0 bridgehead atoms. The number of hydrogen-bond donors (Lipinski definition) is 2. The van der Waals surface area contributed by atoms with Gasteiger partial charge in [-0.05, 0) is 50.1 Å². The van der Waals surface area contributed by atoms with Crippen LogP contribution in [0.5, 0.6) is 0 Å². The number of nitrogens with one attached hydrogen (secondary N) is 1. The van der Waals surface area contributed by atoms with E-state index in [1.54, 1.807) is 0 Å². The molecule has 1 aromatic carbocycles. The third kappa shape index (κ3) is 5.17. The molecule has 0 fully saturated rings. The van der Waals surface area contributed by atoms with Crippen LogP contribution < -0.4 is 5.32 Å². The maximum absolute atomic E-state index is 9.60. The van der Waals surface area contributed by atoms with Crippen molar-refractivity contribution in [2.75, 3.05) is 18.9 Å². The summed E-state index contributed by atoms with van der Waals surface area (Å²) in [5.41, 5.74) is 1.27. The summed E-state index contributed by atoms with van der Waals surface area (Å²) in [6, 6.07) is 8.52. The van der Waals surface area contributed by atoms with E-state index in [4.69, 9.17) is 0 Å². The molecule has 1 rings (SSSR count). The van der Waals surface area contributed by atoms with E-state index >= 15 is 0 Å². The fourth-order valence-electron chi connectivity index (χ4n) is 2.32. The smallest absolute Gasteiger partial charge is 0.0613 e. The number of hydrogen-bond acceptors (Lipinski definition) is 3. The number of rotatable bonds is 9. The van der Waals surface area contributed by atoms with Crippen molar-refractivity contribution in [1.82, 2.24) is 5.32 Å². The molecule has 19 heavy (non-hydrogen) atoms. The maximum atomic E-state index is 9.60. The van der Waals surface area contributed by atoms with Gasteiger partial charge in [0.2, 0.25) is 0 Å². The lowest BCUT2D eigenvalue weighted by Gasteiger charge is -2.31. The van der Waals surface area contributed by atoms with Crippen LogP contribution in [0, 0.1) is 6.92 Å². The van der Waals surface area contributed by atoms with E-state index in [9.17, 15) is 5.11 Å². The molecular weight excluding hydrogens is 254 g/mol. The van der Waals surface area contributed by atoms with E-state index in [1.807, 2.05) is 11.8 Å². The van der Waals surface area contributed by atoms with Crippen LogP contribution >= 0.6 is 11.8 Å². The summed E-state index contributed by atoms with van der Waals surface area (Å²) < 4.78 is 0. The molecule has 2 nitrogen and oxygen atoms in total. The van der Waals surface area contributed by atoms with Gasteiger partial charge in [0.25, 0.3) is 0 Å². The molecule has 0 saturated carbocycles. The van der Waals surface area contributed by atoms with Crippen LogP contribution in [0.1, 0.15) is 38.7 Å². The van der Waals surface area contributed by atoms with Crippen molar-refractivity contribution < 1.29 is 5.11 Å². The van der Waals surface area contributed by atoms with Crippen molar-refractivity contribution in [1.29, 1.82) is 0 Å². The van der Waals surface area contributed by atoms with Crippen molar-refractivity contribution >= 4 is 11.8 Å². The van der Waals surface area contributed by atoms with Crippen LogP contribution in [0.3, 0.4) is 0 Å². The highest BCUT2D eigenvalue weighted by Crippen LogP contribution is 2.25. The van der Waals surface area contributed by atoms with Crippen molar-refractivity contribution in [3.63, 3.8) is 0 Å². The van der Waals surface area contributed by atoms with Gasteiger partial charge in [-0.25, -0.2) is 0 Å². The van der Waals surface area contributed by atoms with Gasteiger partial charge in [-0.1, -0.05) is 32.0 Å². The predicted octanol–water partition coefficient (Wildman–Crippen LogP) is 3.62. The zero-order valence-corrected chi connectivity index (χ0v) is 13.2. The highest BCUT2D eigenvalue weighted by Gasteiger charge is 2.25. The fourth-order valence-corrected chi connectivity index (χ4v) is 3.30. The number of aliphatic hydroxyl groups excluding tert-OH is 1. The Morgan fingerprint density at radius 1 is 1.26 bits per heavy atom. The summed E-state index contributed by atoms with van der Waals surface area (Å²) in [4.78, 5) is 1.37. The molecule has 0 radical (unpaired) electrons. The highest BCUT2D eigenvalue weighted by molar-refractivity contribution is 7.99. The normalized spacial score (nSPS) is 14.3. The molecule has 1 atom stereocenters. The van der Waals surface area contributed by atoms with Crippen molar-refractivity contribution in [3.05, 3.63) is 29.8 Å². The molecule has 108 valence electrons. The van der Waals surface area contributed by atoms with Crippen LogP contribution in [0.4, 0.5) is 0 Å². The molecule has 0 aliphatic rings. The standard InChI is InChI=1S/C16H27NOS/c1-4-16(13-18,17-5-2)11-8-12-19-15-10-7-6-9-14(15)3/h6-7,9-10,17-18H,4-5,8,11-13H2,1-3H3. The van der Waals surface area contributed by atoms with E-state index in [1.165, 1.54) is 10.5 Å². The number of aryl methyl sites for hydroxylation is 1. The minimum atomic E-state index is -0.0823. The van der Waals surface area contributed by atoms with Gasteiger partial charge < -0.3 is 10.4 Å². The molecule has 0 aliphatic heterocycles. The Kier molecular flexibility index (Phi) is 7.51. The van der Waals surface area contributed by atoms with E-state index in [-0.39, 0.29) is 12.1 Å². The first-order chi connectivity index (χ1) is 9.17. The zero-order chi connectivity index (χ0) is 14.1. The Balaban J connectivity index is 2.39. The number of likely N-dealkylation sites (N-methyl/N-ethyl adjacent to an activating group) is 1. The minimum Gasteiger partial charge on any atom is -0.394 e. The van der Waals surface area contributed by atoms with Gasteiger partial charge in [0.15, 0.2) is 0 Å². The fraction of sp³-hybridized carbons (Fsp3) is 0.625. The molecule has 0 amide bonds. The minimum absolute atomic E-state index is 0.0823. The largest absolute Gasteiger partial charge is 0.394 e. The van der Waals surface area contributed by atoms with Gasteiger partial charge in [-0.2, -0.15) is 0 Å². The van der Waals surface area contributed by atoms with Crippen LogP contribution in [0.25, 0.3) is 0 Å². The SMILES string of the molecule is CCNC(CC)(CO)CCCSc1ccccc1C. The Bertz CT molecular complexity index is 364. The van der Waals surface area contributed by atoms with E-state index in [0.717, 1.165) is 31.6 Å². The first-order valence-corrected chi connectivity index (χ1v) is 8.20. The maximum Gasteiger partial charge on any atom is 0.0613 e. The van der Waals surface area contributed by atoms with Crippen LogP contribution in [-0.4, -0.2) is 29.5 Å². The Labute approximate surface area is 122 Å². The monoisotopic (exact) mass is 281 g/mol. The van der Waals surface area contributed by atoms with Gasteiger partial charge in [-0.3, -0.25) is 0 Å². The Morgan fingerprint density at radius 3 is 2.58 bits per heavy atom. The topological polar surface area (TPSA) is 32.3 Å². The van der Waals surface area contributed by atoms with Crippen molar-refractivity contribution in [2.24, 2.45) is 0 Å². The third-order valence-corrected chi connectivity index (χ3v) is 4.94. The molecule has 0 aliphatic carbocycles. The second-order valence-corrected chi connectivity index (χ2v) is 6.18. The third-order valence-electron chi connectivity index (χ3n) is 3.68. The van der Waals surface area contributed by atoms with Crippen LogP contribution in [0.2, 0.25) is 0 Å². The Hall–Kier alpha value is -0.510. The predicted molar refractivity (Wildman–Crippen MR) is 84.9 cm³/mol. The lowest BCUT2D eigenvalue weighted by Crippen LogP contribution is -2.48. The van der Waals surface area contributed by atoms with Gasteiger partial charge in [-0.15, -0.1) is 11.8 Å². The number of benzene rings is 1. The van der Waals surface area contributed by atoms with Gasteiger partial charge in [0.1, 0.15) is 0 Å². The molecule has 0 heterocycles. The lowest BCUT2D eigenvalue weighted by atomic mass is 9.91. The second-order valence-electron chi connectivity index (χ2n) is 5.04. The molecule has 0 aromatic heterocycles. The molecule has 2 N–H and O–H groups in total. The summed E-state index contributed by atoms with van der Waals surface area (Å²) >= 11 is 1.92. The van der Waals surface area contributed by atoms with Crippen molar-refractivity contribution in [3.8, 4) is 0 Å². The molecule has 3 heteroatoms. The molecule has 1 aromatic rings. The quantitative estimate of drug-likeness (QED) is 0.535. The van der Waals surface area contributed by atoms with E-state index in [2.05, 4.69) is 50.4 Å². The van der Waals surface area contributed by atoms with Crippen LogP contribution in [0.15, 0.2) is 29.2 Å². The highest BCUT2D eigenvalue weighted by atomic mass is 32.2. The molecule has 1 unspecified atom stereocenters. The number of thioether (sulfide) groups is 1. The first kappa shape index (κ1) is 16.5. The summed E-state index contributed by atoms with van der Waals surface area (Å²) in [6.45, 7) is 7.55. The zero-order valence-electron chi connectivity index (χ0n) is 12.4. The van der Waals surface area contributed by atoms with E-state index < -0.39 is 0 Å². The van der Waals surface area contributed by atoms with E-state index in [0.29, 0.717) is 0 Å². The molecule has 0 saturated heterocycles. The van der Waals surface area contributed by atoms with Crippen molar-refractivity contribution in [2.45, 2.75) is 50.5 Å². The first-order valence-electron chi connectivity index (χ1n) is 7.21. The summed E-state index contributed by atoms with van der Waals surface area (Å²) in [6.07, 6.45) is 3.14. The molecule has 0 spiro atoms. The average molecular weight is 281 g/mol. The second kappa shape index (κ2) is 8.62. The summed E-state index contributed by atoms with van der Waals surface area (Å²) in [7, 11) is 0. The van der Waals surface area contributed by atoms with Crippen LogP contribution in [-0.2, 0) is 0 Å². The van der Waals surface area contributed by atoms with Gasteiger partial charge in [0.05, 0.1) is 6.61 Å².